The third-order valence-corrected chi connectivity index (χ3v) is 7.87. The highest BCUT2D eigenvalue weighted by Crippen LogP contribution is 2.56. The minimum absolute atomic E-state index is 0.134. The van der Waals surface area contributed by atoms with E-state index in [4.69, 9.17) is 4.74 Å². The Labute approximate surface area is 141 Å². The lowest BCUT2D eigenvalue weighted by Gasteiger charge is -2.40. The van der Waals surface area contributed by atoms with Crippen LogP contribution in [0.2, 0.25) is 0 Å². The lowest BCUT2D eigenvalue weighted by Crippen LogP contribution is -2.44. The first kappa shape index (κ1) is 15.7. The highest BCUT2D eigenvalue weighted by molar-refractivity contribution is 5.74. The van der Waals surface area contributed by atoms with E-state index in [1.165, 1.54) is 38.5 Å². The Morgan fingerprint density at radius 2 is 1.87 bits per heavy atom. The van der Waals surface area contributed by atoms with Gasteiger partial charge in [-0.25, -0.2) is 0 Å². The maximum atomic E-state index is 13.1. The third kappa shape index (κ3) is 2.57. The van der Waals surface area contributed by atoms with Crippen LogP contribution in [-0.2, 0) is 9.53 Å². The van der Waals surface area contributed by atoms with Gasteiger partial charge in [-0.2, -0.15) is 0 Å². The van der Waals surface area contributed by atoms with Crippen LogP contribution in [0.3, 0.4) is 0 Å². The Morgan fingerprint density at radius 1 is 1.09 bits per heavy atom. The van der Waals surface area contributed by atoms with Crippen LogP contribution in [0.5, 0.6) is 0 Å². The van der Waals surface area contributed by atoms with E-state index in [0.29, 0.717) is 17.8 Å². The summed E-state index contributed by atoms with van der Waals surface area (Å²) in [6.07, 6.45) is 15.3. The van der Waals surface area contributed by atoms with Crippen molar-refractivity contribution in [2.45, 2.75) is 77.2 Å². The van der Waals surface area contributed by atoms with Gasteiger partial charge < -0.3 is 4.74 Å². The summed E-state index contributed by atoms with van der Waals surface area (Å²) in [5.74, 6) is 3.71. The fourth-order valence-electron chi connectivity index (χ4n) is 6.26. The number of hydrogen-bond donors (Lipinski definition) is 0. The van der Waals surface area contributed by atoms with E-state index in [9.17, 15) is 4.79 Å². The molecule has 6 unspecified atom stereocenters. The molecular formula is C21H32O2. The lowest BCUT2D eigenvalue weighted by atomic mass is 9.75. The average Bonchev–Trinajstić information content (AvgIpc) is 3.27. The summed E-state index contributed by atoms with van der Waals surface area (Å²) in [7, 11) is 0. The van der Waals surface area contributed by atoms with Gasteiger partial charge in [0, 0.05) is 5.92 Å². The van der Waals surface area contributed by atoms with Crippen molar-refractivity contribution in [3.63, 3.8) is 0 Å². The number of hydrogen-bond acceptors (Lipinski definition) is 2. The van der Waals surface area contributed by atoms with Crippen molar-refractivity contribution in [3.05, 3.63) is 12.2 Å². The maximum absolute atomic E-state index is 13.1. The monoisotopic (exact) mass is 316 g/mol. The molecule has 4 rings (SSSR count). The molecule has 0 N–H and O–H groups in total. The van der Waals surface area contributed by atoms with Gasteiger partial charge in [0.1, 0.15) is 5.60 Å². The molecule has 4 aliphatic rings. The number of esters is 1. The molecule has 0 aromatic carbocycles. The second-order valence-corrected chi connectivity index (χ2v) is 8.87. The summed E-state index contributed by atoms with van der Waals surface area (Å²) in [4.78, 5) is 13.1. The van der Waals surface area contributed by atoms with Crippen molar-refractivity contribution >= 4 is 5.97 Å². The van der Waals surface area contributed by atoms with E-state index in [2.05, 4.69) is 26.0 Å². The molecule has 0 saturated heterocycles. The van der Waals surface area contributed by atoms with Crippen molar-refractivity contribution in [1.82, 2.24) is 0 Å². The van der Waals surface area contributed by atoms with Crippen molar-refractivity contribution in [1.29, 1.82) is 0 Å². The predicted molar refractivity (Wildman–Crippen MR) is 91.8 cm³/mol. The molecule has 2 nitrogen and oxygen atoms in total. The number of allylic oxidation sites excluding steroid dienone is 1. The number of carbonyl (C=O) groups is 1. The van der Waals surface area contributed by atoms with Gasteiger partial charge in [-0.05, 0) is 74.7 Å². The molecule has 23 heavy (non-hydrogen) atoms. The summed E-state index contributed by atoms with van der Waals surface area (Å²) < 4.78 is 6.36. The third-order valence-electron chi connectivity index (χ3n) is 7.87. The Bertz CT molecular complexity index is 488. The molecule has 0 radical (unpaired) electrons. The highest BCUT2D eigenvalue weighted by atomic mass is 16.6. The average molecular weight is 316 g/mol. The zero-order valence-corrected chi connectivity index (χ0v) is 14.8. The highest BCUT2D eigenvalue weighted by Gasteiger charge is 2.53. The molecule has 0 aliphatic heterocycles. The van der Waals surface area contributed by atoms with Gasteiger partial charge in [-0.15, -0.1) is 0 Å². The predicted octanol–water partition coefficient (Wildman–Crippen LogP) is 5.13. The summed E-state index contributed by atoms with van der Waals surface area (Å²) in [6.45, 7) is 4.73. The second kappa shape index (κ2) is 5.93. The molecule has 0 aromatic heterocycles. The molecule has 3 saturated carbocycles. The summed E-state index contributed by atoms with van der Waals surface area (Å²) >= 11 is 0. The van der Waals surface area contributed by atoms with Crippen LogP contribution in [0.25, 0.3) is 0 Å². The first-order valence-corrected chi connectivity index (χ1v) is 10.0. The van der Waals surface area contributed by atoms with Crippen LogP contribution in [0.4, 0.5) is 0 Å². The smallest absolute Gasteiger partial charge is 0.310 e. The largest absolute Gasteiger partial charge is 0.454 e. The summed E-state index contributed by atoms with van der Waals surface area (Å²) in [5.41, 5.74) is -0.261. The quantitative estimate of drug-likeness (QED) is 0.533. The maximum Gasteiger partial charge on any atom is 0.310 e. The minimum Gasteiger partial charge on any atom is -0.454 e. The van der Waals surface area contributed by atoms with E-state index in [0.717, 1.165) is 31.1 Å². The molecule has 0 amide bonds. The fourth-order valence-corrected chi connectivity index (χ4v) is 6.26. The topological polar surface area (TPSA) is 26.3 Å². The van der Waals surface area contributed by atoms with Crippen LogP contribution >= 0.6 is 0 Å². The van der Waals surface area contributed by atoms with Crippen molar-refractivity contribution in [3.8, 4) is 0 Å². The Kier molecular flexibility index (Phi) is 4.06. The van der Waals surface area contributed by atoms with Gasteiger partial charge in [0.25, 0.3) is 0 Å². The van der Waals surface area contributed by atoms with Crippen molar-refractivity contribution in [2.24, 2.45) is 35.5 Å². The lowest BCUT2D eigenvalue weighted by molar-refractivity contribution is -0.169. The normalized spacial score (nSPS) is 46.4. The Balaban J connectivity index is 1.50. The molecule has 0 heterocycles. The zero-order chi connectivity index (χ0) is 16.0. The van der Waals surface area contributed by atoms with Gasteiger partial charge in [0.05, 0.1) is 5.92 Å². The van der Waals surface area contributed by atoms with Gasteiger partial charge in [-0.1, -0.05) is 32.8 Å². The number of fused-ring (bicyclic) bond motifs is 2. The Hall–Kier alpha value is -0.790. The van der Waals surface area contributed by atoms with Crippen LogP contribution in [0.1, 0.15) is 71.6 Å². The molecule has 128 valence electrons. The number of ether oxygens (including phenoxy) is 1. The number of rotatable bonds is 3. The fraction of sp³-hybridized carbons (Fsp3) is 0.857. The van der Waals surface area contributed by atoms with Crippen molar-refractivity contribution in [2.75, 3.05) is 0 Å². The van der Waals surface area contributed by atoms with E-state index in [-0.39, 0.29) is 17.5 Å². The first-order valence-electron chi connectivity index (χ1n) is 10.0. The SMILES string of the molecule is CC1C2CC(C(=O)OC3(C4CCCC4)C=CCCC3)C(C2)C1C. The molecular weight excluding hydrogens is 284 g/mol. The minimum atomic E-state index is -0.261. The molecule has 6 atom stereocenters. The molecule has 0 spiro atoms. The van der Waals surface area contributed by atoms with Crippen LogP contribution in [-0.4, -0.2) is 11.6 Å². The molecule has 4 aliphatic carbocycles. The summed E-state index contributed by atoms with van der Waals surface area (Å²) in [5, 5.41) is 0. The molecule has 2 bridgehead atoms. The molecule has 0 aromatic rings. The van der Waals surface area contributed by atoms with Gasteiger partial charge >= 0.3 is 5.97 Å². The summed E-state index contributed by atoms with van der Waals surface area (Å²) in [6, 6.07) is 0. The van der Waals surface area contributed by atoms with Crippen LogP contribution in [0.15, 0.2) is 12.2 Å². The molecule has 2 heteroatoms. The Morgan fingerprint density at radius 3 is 2.48 bits per heavy atom. The standard InChI is InChI=1S/C21H32O2/c1-14-15(2)18-12-16(14)13-19(18)20(22)23-21(10-6-3-7-11-21)17-8-4-5-9-17/h6,10,14-19H,3-5,7-9,11-13H2,1-2H3. The van der Waals surface area contributed by atoms with Gasteiger partial charge in [-0.3, -0.25) is 4.79 Å². The zero-order valence-electron chi connectivity index (χ0n) is 14.8. The van der Waals surface area contributed by atoms with Gasteiger partial charge in [0.15, 0.2) is 0 Å². The van der Waals surface area contributed by atoms with E-state index < -0.39 is 0 Å². The van der Waals surface area contributed by atoms with Crippen molar-refractivity contribution < 1.29 is 9.53 Å². The van der Waals surface area contributed by atoms with Crippen LogP contribution < -0.4 is 0 Å². The van der Waals surface area contributed by atoms with Gasteiger partial charge in [0.2, 0.25) is 0 Å². The second-order valence-electron chi connectivity index (χ2n) is 8.87. The van der Waals surface area contributed by atoms with E-state index >= 15 is 0 Å². The van der Waals surface area contributed by atoms with E-state index in [1.54, 1.807) is 0 Å². The van der Waals surface area contributed by atoms with E-state index in [1.807, 2.05) is 0 Å². The number of carbonyl (C=O) groups excluding carboxylic acids is 1. The molecule has 3 fully saturated rings. The van der Waals surface area contributed by atoms with Crippen LogP contribution in [0, 0.1) is 35.5 Å². The first-order chi connectivity index (χ1) is 11.1.